The normalized spacial score (nSPS) is 13.3. The third kappa shape index (κ3) is 0.605. The van der Waals surface area contributed by atoms with Crippen molar-refractivity contribution in [3.63, 3.8) is 0 Å². The van der Waals surface area contributed by atoms with Crippen LogP contribution >= 0.6 is 0 Å². The van der Waals surface area contributed by atoms with E-state index in [0.29, 0.717) is 6.73 Å². The molecule has 0 aliphatic carbocycles. The summed E-state index contributed by atoms with van der Waals surface area (Å²) < 4.78 is 7.42. The Morgan fingerprint density at radius 3 is 3.42 bits per heavy atom. The molecule has 0 N–H and O–H groups in total. The maximum absolute atomic E-state index is 5.37. The fourth-order valence-electron chi connectivity index (χ4n) is 1.54. The first-order valence-electron chi connectivity index (χ1n) is 3.85. The highest BCUT2D eigenvalue weighted by atomic mass is 16.5. The maximum Gasteiger partial charge on any atom is 0.294 e. The smallest absolute Gasteiger partial charge is 0.294 e. The van der Waals surface area contributed by atoms with Gasteiger partial charge in [-0.25, -0.2) is 4.98 Å². The predicted octanol–water partition coefficient (Wildman–Crippen LogP) is 0.872. The second kappa shape index (κ2) is 1.94. The molecular formula is C9H7N2O+. The molecule has 0 bridgehead atoms. The highest BCUT2D eigenvalue weighted by molar-refractivity contribution is 5.79. The van der Waals surface area contributed by atoms with Gasteiger partial charge < -0.3 is 4.74 Å². The van der Waals surface area contributed by atoms with Crippen LogP contribution in [0, 0.1) is 0 Å². The lowest BCUT2D eigenvalue weighted by Crippen LogP contribution is -2.31. The minimum atomic E-state index is 0.587. The SMILES string of the molecule is c1cc2ccnc3c2[n+](c1)CO3. The molecule has 12 heavy (non-hydrogen) atoms. The zero-order chi connectivity index (χ0) is 7.97. The summed E-state index contributed by atoms with van der Waals surface area (Å²) >= 11 is 0. The van der Waals surface area contributed by atoms with Crippen LogP contribution in [0.5, 0.6) is 5.88 Å². The molecule has 2 aromatic rings. The van der Waals surface area contributed by atoms with E-state index < -0.39 is 0 Å². The fourth-order valence-corrected chi connectivity index (χ4v) is 1.54. The molecule has 3 heteroatoms. The van der Waals surface area contributed by atoms with E-state index in [1.165, 1.54) is 5.39 Å². The second-order valence-corrected chi connectivity index (χ2v) is 2.81. The van der Waals surface area contributed by atoms with Gasteiger partial charge in [-0.3, -0.25) is 0 Å². The Labute approximate surface area is 69.2 Å². The Kier molecular flexibility index (Phi) is 0.961. The zero-order valence-electron chi connectivity index (χ0n) is 6.40. The molecule has 58 valence electrons. The quantitative estimate of drug-likeness (QED) is 0.533. The van der Waals surface area contributed by atoms with Crippen molar-refractivity contribution in [2.45, 2.75) is 6.73 Å². The number of hydrogen-bond donors (Lipinski definition) is 0. The van der Waals surface area contributed by atoms with Gasteiger partial charge in [0.15, 0.2) is 6.20 Å². The monoisotopic (exact) mass is 159 g/mol. The lowest BCUT2D eigenvalue weighted by atomic mass is 10.2. The van der Waals surface area contributed by atoms with Gasteiger partial charge in [0.1, 0.15) is 0 Å². The molecule has 1 aliphatic rings. The zero-order valence-corrected chi connectivity index (χ0v) is 6.40. The standard InChI is InChI=1S/C9H7N2O/c1-2-7-3-4-10-9-8(7)11(5-1)6-12-9/h1-5H,6H2/q+1. The average Bonchev–Trinajstić information content (AvgIpc) is 2.52. The first-order chi connectivity index (χ1) is 5.95. The molecule has 0 aromatic carbocycles. The molecule has 0 atom stereocenters. The van der Waals surface area contributed by atoms with Crippen molar-refractivity contribution in [2.75, 3.05) is 0 Å². The van der Waals surface area contributed by atoms with Crippen LogP contribution in [0.25, 0.3) is 10.9 Å². The predicted molar refractivity (Wildman–Crippen MR) is 42.6 cm³/mol. The molecule has 0 saturated heterocycles. The number of hydrogen-bond acceptors (Lipinski definition) is 2. The molecule has 0 unspecified atom stereocenters. The highest BCUT2D eigenvalue weighted by Crippen LogP contribution is 2.22. The number of pyridine rings is 2. The van der Waals surface area contributed by atoms with Gasteiger partial charge in [-0.2, -0.15) is 4.57 Å². The molecule has 0 saturated carbocycles. The minimum Gasteiger partial charge on any atom is -0.412 e. The summed E-state index contributed by atoms with van der Waals surface area (Å²) in [5, 5.41) is 1.18. The van der Waals surface area contributed by atoms with Crippen molar-refractivity contribution in [2.24, 2.45) is 0 Å². The molecule has 0 fully saturated rings. The van der Waals surface area contributed by atoms with Gasteiger partial charge >= 0.3 is 0 Å². The van der Waals surface area contributed by atoms with Gasteiger partial charge in [-0.05, 0) is 12.1 Å². The number of nitrogens with zero attached hydrogens (tertiary/aromatic N) is 2. The van der Waals surface area contributed by atoms with E-state index in [9.17, 15) is 0 Å². The molecule has 1 aliphatic heterocycles. The fraction of sp³-hybridized carbons (Fsp3) is 0.111. The van der Waals surface area contributed by atoms with Crippen LogP contribution in [0.3, 0.4) is 0 Å². The van der Waals surface area contributed by atoms with Crippen LogP contribution in [0.15, 0.2) is 30.6 Å². The van der Waals surface area contributed by atoms with E-state index in [0.717, 1.165) is 11.4 Å². The first kappa shape index (κ1) is 5.94. The highest BCUT2D eigenvalue weighted by Gasteiger charge is 2.22. The summed E-state index contributed by atoms with van der Waals surface area (Å²) in [6, 6.07) is 6.07. The van der Waals surface area contributed by atoms with Gasteiger partial charge in [-0.1, -0.05) is 0 Å². The lowest BCUT2D eigenvalue weighted by molar-refractivity contribution is -0.688. The summed E-state index contributed by atoms with van der Waals surface area (Å²) in [6.07, 6.45) is 3.77. The van der Waals surface area contributed by atoms with E-state index >= 15 is 0 Å². The summed E-state index contributed by atoms with van der Waals surface area (Å²) in [7, 11) is 0. The van der Waals surface area contributed by atoms with Crippen LogP contribution in [0.4, 0.5) is 0 Å². The van der Waals surface area contributed by atoms with E-state index in [2.05, 4.69) is 15.6 Å². The Hall–Kier alpha value is -1.64. The van der Waals surface area contributed by atoms with Crippen molar-refractivity contribution in [3.05, 3.63) is 30.6 Å². The van der Waals surface area contributed by atoms with Crippen LogP contribution in [-0.4, -0.2) is 4.98 Å². The van der Waals surface area contributed by atoms with Gasteiger partial charge in [0.05, 0.1) is 5.39 Å². The lowest BCUT2D eigenvalue weighted by Gasteiger charge is -1.89. The Balaban J connectivity index is 2.58. The van der Waals surface area contributed by atoms with Crippen molar-refractivity contribution in [1.82, 2.24) is 4.98 Å². The van der Waals surface area contributed by atoms with Crippen molar-refractivity contribution >= 4 is 10.9 Å². The van der Waals surface area contributed by atoms with Crippen LogP contribution in [-0.2, 0) is 6.73 Å². The van der Waals surface area contributed by atoms with Crippen LogP contribution in [0.1, 0.15) is 0 Å². The molecule has 3 nitrogen and oxygen atoms in total. The van der Waals surface area contributed by atoms with Gasteiger partial charge in [-0.15, -0.1) is 0 Å². The summed E-state index contributed by atoms with van der Waals surface area (Å²) in [5.41, 5.74) is 1.10. The molecule has 0 radical (unpaired) electrons. The Morgan fingerprint density at radius 2 is 2.42 bits per heavy atom. The third-order valence-electron chi connectivity index (χ3n) is 2.09. The number of ether oxygens (including phenoxy) is 1. The third-order valence-corrected chi connectivity index (χ3v) is 2.09. The van der Waals surface area contributed by atoms with Crippen molar-refractivity contribution < 1.29 is 9.30 Å². The number of aromatic nitrogens is 2. The Morgan fingerprint density at radius 1 is 1.42 bits per heavy atom. The van der Waals surface area contributed by atoms with E-state index in [4.69, 9.17) is 4.74 Å². The van der Waals surface area contributed by atoms with Crippen molar-refractivity contribution in [1.29, 1.82) is 0 Å². The van der Waals surface area contributed by atoms with E-state index in [-0.39, 0.29) is 0 Å². The second-order valence-electron chi connectivity index (χ2n) is 2.81. The molecule has 3 heterocycles. The number of rotatable bonds is 0. The molecule has 0 spiro atoms. The average molecular weight is 159 g/mol. The van der Waals surface area contributed by atoms with E-state index in [1.807, 2.05) is 18.3 Å². The summed E-state index contributed by atoms with van der Waals surface area (Å²) in [6.45, 7) is 0.587. The van der Waals surface area contributed by atoms with Crippen LogP contribution < -0.4 is 9.30 Å². The molecule has 0 amide bonds. The Bertz CT molecular complexity index is 414. The molecular weight excluding hydrogens is 152 g/mol. The summed E-state index contributed by atoms with van der Waals surface area (Å²) in [5.74, 6) is 0.744. The van der Waals surface area contributed by atoms with E-state index in [1.54, 1.807) is 6.20 Å². The van der Waals surface area contributed by atoms with Gasteiger partial charge in [0.2, 0.25) is 0 Å². The molecule has 3 rings (SSSR count). The van der Waals surface area contributed by atoms with Gasteiger partial charge in [0, 0.05) is 12.3 Å². The van der Waals surface area contributed by atoms with Gasteiger partial charge in [0.25, 0.3) is 18.1 Å². The topological polar surface area (TPSA) is 26.0 Å². The summed E-state index contributed by atoms with van der Waals surface area (Å²) in [4.78, 5) is 4.13. The van der Waals surface area contributed by atoms with Crippen LogP contribution in [0.2, 0.25) is 0 Å². The maximum atomic E-state index is 5.37. The molecule has 2 aromatic heterocycles. The minimum absolute atomic E-state index is 0.587. The first-order valence-corrected chi connectivity index (χ1v) is 3.85. The van der Waals surface area contributed by atoms with Crippen molar-refractivity contribution in [3.8, 4) is 5.88 Å². The largest absolute Gasteiger partial charge is 0.412 e.